The molecule has 130 valence electrons. The molecule has 1 rings (SSSR count). The van der Waals surface area contributed by atoms with Gasteiger partial charge in [0.25, 0.3) is 0 Å². The lowest BCUT2D eigenvalue weighted by Gasteiger charge is -2.40. The number of ether oxygens (including phenoxy) is 1. The number of aldehydes is 1. The Kier molecular flexibility index (Phi) is 7.65. The monoisotopic (exact) mass is 336 g/mol. The summed E-state index contributed by atoms with van der Waals surface area (Å²) in [5.41, 5.74) is 1.15. The van der Waals surface area contributed by atoms with Crippen LogP contribution in [-0.2, 0) is 20.6 Å². The van der Waals surface area contributed by atoms with Crippen LogP contribution in [0.3, 0.4) is 0 Å². The Balaban J connectivity index is 2.70. The van der Waals surface area contributed by atoms with Crippen molar-refractivity contribution in [1.29, 1.82) is 0 Å². The van der Waals surface area contributed by atoms with Gasteiger partial charge in [0.15, 0.2) is 8.32 Å². The molecule has 0 spiro atoms. The van der Waals surface area contributed by atoms with Gasteiger partial charge in [-0.2, -0.15) is 0 Å². The minimum atomic E-state index is -1.88. The SMILES string of the molecule is C[C@H](OCc1ccccc1)[C@H](CCC=O)O[Si](C)(C)C(C)(C)C. The number of hydrogen-bond acceptors (Lipinski definition) is 3. The van der Waals surface area contributed by atoms with E-state index in [4.69, 9.17) is 9.16 Å². The van der Waals surface area contributed by atoms with Crippen LogP contribution >= 0.6 is 0 Å². The largest absolute Gasteiger partial charge is 0.411 e. The van der Waals surface area contributed by atoms with Gasteiger partial charge >= 0.3 is 0 Å². The summed E-state index contributed by atoms with van der Waals surface area (Å²) in [6.07, 6.45) is 2.12. The van der Waals surface area contributed by atoms with Crippen molar-refractivity contribution in [2.45, 2.75) is 77.5 Å². The Morgan fingerprint density at radius 1 is 1.17 bits per heavy atom. The van der Waals surface area contributed by atoms with E-state index in [2.05, 4.69) is 46.0 Å². The number of benzene rings is 1. The van der Waals surface area contributed by atoms with Gasteiger partial charge in [-0.15, -0.1) is 0 Å². The van der Waals surface area contributed by atoms with Crippen LogP contribution in [-0.4, -0.2) is 26.8 Å². The van der Waals surface area contributed by atoms with E-state index in [0.29, 0.717) is 19.4 Å². The van der Waals surface area contributed by atoms with Crippen molar-refractivity contribution in [3.63, 3.8) is 0 Å². The summed E-state index contributed by atoms with van der Waals surface area (Å²) in [4.78, 5) is 10.8. The maximum Gasteiger partial charge on any atom is 0.192 e. The van der Waals surface area contributed by atoms with Gasteiger partial charge in [0.05, 0.1) is 18.8 Å². The smallest absolute Gasteiger partial charge is 0.192 e. The third-order valence-electron chi connectivity index (χ3n) is 4.70. The highest BCUT2D eigenvalue weighted by molar-refractivity contribution is 6.74. The van der Waals surface area contributed by atoms with E-state index in [1.165, 1.54) is 0 Å². The molecule has 0 aromatic heterocycles. The first kappa shape index (κ1) is 20.1. The Hall–Kier alpha value is -0.973. The molecule has 3 nitrogen and oxygen atoms in total. The standard InChI is InChI=1S/C19H32O3Si/c1-16(21-15-17-11-8-7-9-12-17)18(13-10-14-20)22-23(5,6)19(2,3)4/h7-9,11-12,14,16,18H,10,13,15H2,1-6H3/t16-,18-/m0/s1. The summed E-state index contributed by atoms with van der Waals surface area (Å²) in [7, 11) is -1.88. The topological polar surface area (TPSA) is 35.5 Å². The van der Waals surface area contributed by atoms with Crippen molar-refractivity contribution in [3.8, 4) is 0 Å². The van der Waals surface area contributed by atoms with E-state index in [9.17, 15) is 4.79 Å². The second-order valence-corrected chi connectivity index (χ2v) is 12.4. The molecule has 0 saturated carbocycles. The number of hydrogen-bond donors (Lipinski definition) is 0. The van der Waals surface area contributed by atoms with Gasteiger partial charge < -0.3 is 14.0 Å². The van der Waals surface area contributed by atoms with Gasteiger partial charge in [-0.05, 0) is 37.0 Å². The fraction of sp³-hybridized carbons (Fsp3) is 0.632. The van der Waals surface area contributed by atoms with Crippen molar-refractivity contribution in [2.75, 3.05) is 0 Å². The maximum atomic E-state index is 10.8. The molecule has 23 heavy (non-hydrogen) atoms. The van der Waals surface area contributed by atoms with Crippen LogP contribution < -0.4 is 0 Å². The molecule has 0 aliphatic heterocycles. The fourth-order valence-electron chi connectivity index (χ4n) is 2.09. The summed E-state index contributed by atoms with van der Waals surface area (Å²) in [6, 6.07) is 10.1. The second-order valence-electron chi connectivity index (χ2n) is 7.66. The lowest BCUT2D eigenvalue weighted by molar-refractivity contribution is -0.108. The normalized spacial score (nSPS) is 15.2. The Morgan fingerprint density at radius 3 is 2.30 bits per heavy atom. The van der Waals surface area contributed by atoms with Gasteiger partial charge in [-0.3, -0.25) is 0 Å². The van der Waals surface area contributed by atoms with Gasteiger partial charge in [0.1, 0.15) is 6.29 Å². The number of rotatable bonds is 9. The zero-order valence-electron chi connectivity index (χ0n) is 15.5. The molecule has 4 heteroatoms. The molecular formula is C19H32O3Si. The summed E-state index contributed by atoms with van der Waals surface area (Å²) in [5.74, 6) is 0. The molecule has 0 heterocycles. The van der Waals surface area contributed by atoms with Crippen molar-refractivity contribution >= 4 is 14.6 Å². The molecular weight excluding hydrogens is 304 g/mol. The highest BCUT2D eigenvalue weighted by Crippen LogP contribution is 2.38. The number of carbonyl (C=O) groups is 1. The van der Waals surface area contributed by atoms with E-state index >= 15 is 0 Å². The minimum Gasteiger partial charge on any atom is -0.411 e. The Bertz CT molecular complexity index is 465. The average molecular weight is 337 g/mol. The van der Waals surface area contributed by atoms with Crippen molar-refractivity contribution in [3.05, 3.63) is 35.9 Å². The Morgan fingerprint density at radius 2 is 1.78 bits per heavy atom. The van der Waals surface area contributed by atoms with Crippen LogP contribution in [0.15, 0.2) is 30.3 Å². The zero-order valence-corrected chi connectivity index (χ0v) is 16.5. The number of carbonyl (C=O) groups excluding carboxylic acids is 1. The van der Waals surface area contributed by atoms with Crippen LogP contribution in [0, 0.1) is 0 Å². The molecule has 1 aromatic carbocycles. The van der Waals surface area contributed by atoms with Crippen LogP contribution in [0.1, 0.15) is 46.1 Å². The van der Waals surface area contributed by atoms with Gasteiger partial charge in [0, 0.05) is 6.42 Å². The van der Waals surface area contributed by atoms with Crippen LogP contribution in [0.4, 0.5) is 0 Å². The van der Waals surface area contributed by atoms with Gasteiger partial charge in [0.2, 0.25) is 0 Å². The minimum absolute atomic E-state index is 0.0372. The summed E-state index contributed by atoms with van der Waals surface area (Å²) >= 11 is 0. The van der Waals surface area contributed by atoms with Crippen LogP contribution in [0.25, 0.3) is 0 Å². The second kappa shape index (κ2) is 8.76. The fourth-order valence-corrected chi connectivity index (χ4v) is 3.51. The molecule has 0 bridgehead atoms. The first-order valence-corrected chi connectivity index (χ1v) is 11.3. The predicted molar refractivity (Wildman–Crippen MR) is 98.1 cm³/mol. The molecule has 0 radical (unpaired) electrons. The summed E-state index contributed by atoms with van der Waals surface area (Å²) in [6.45, 7) is 13.8. The van der Waals surface area contributed by atoms with Crippen molar-refractivity contribution in [1.82, 2.24) is 0 Å². The predicted octanol–water partition coefficient (Wildman–Crippen LogP) is 4.96. The molecule has 1 aromatic rings. The van der Waals surface area contributed by atoms with E-state index < -0.39 is 8.32 Å². The molecule has 0 N–H and O–H groups in total. The van der Waals surface area contributed by atoms with Gasteiger partial charge in [-0.1, -0.05) is 51.1 Å². The van der Waals surface area contributed by atoms with E-state index in [-0.39, 0.29) is 17.2 Å². The maximum absolute atomic E-state index is 10.8. The van der Waals surface area contributed by atoms with E-state index in [0.717, 1.165) is 11.8 Å². The molecule has 0 amide bonds. The highest BCUT2D eigenvalue weighted by Gasteiger charge is 2.40. The van der Waals surface area contributed by atoms with Gasteiger partial charge in [-0.25, -0.2) is 0 Å². The molecule has 0 aliphatic rings. The highest BCUT2D eigenvalue weighted by atomic mass is 28.4. The molecule has 0 aliphatic carbocycles. The Labute approximate surface area is 142 Å². The van der Waals surface area contributed by atoms with E-state index in [1.807, 2.05) is 25.1 Å². The zero-order chi connectivity index (χ0) is 17.5. The molecule has 0 unspecified atom stereocenters. The lowest BCUT2D eigenvalue weighted by Crippen LogP contribution is -2.47. The van der Waals surface area contributed by atoms with Crippen molar-refractivity contribution < 1.29 is 14.0 Å². The third kappa shape index (κ3) is 6.57. The molecule has 0 fully saturated rings. The first-order chi connectivity index (χ1) is 10.7. The average Bonchev–Trinajstić information content (AvgIpc) is 2.48. The summed E-state index contributed by atoms with van der Waals surface area (Å²) in [5, 5.41) is 0.144. The third-order valence-corrected chi connectivity index (χ3v) is 9.20. The van der Waals surface area contributed by atoms with Crippen LogP contribution in [0.2, 0.25) is 18.1 Å². The first-order valence-electron chi connectivity index (χ1n) is 8.44. The summed E-state index contributed by atoms with van der Waals surface area (Å²) < 4.78 is 12.5. The quantitative estimate of drug-likeness (QED) is 0.472. The van der Waals surface area contributed by atoms with Crippen molar-refractivity contribution in [2.24, 2.45) is 0 Å². The van der Waals surface area contributed by atoms with E-state index in [1.54, 1.807) is 0 Å². The molecule has 2 atom stereocenters. The lowest BCUT2D eigenvalue weighted by atomic mass is 10.1. The van der Waals surface area contributed by atoms with Crippen LogP contribution in [0.5, 0.6) is 0 Å². The molecule has 0 saturated heterocycles.